The van der Waals surface area contributed by atoms with Crippen molar-refractivity contribution < 1.29 is 0 Å². The summed E-state index contributed by atoms with van der Waals surface area (Å²) in [6.45, 7) is 0. The largest absolute Gasteiger partial charge is 0.359 e. The van der Waals surface area contributed by atoms with Crippen LogP contribution in [-0.4, -0.2) is 23.2 Å². The number of fused-ring (bicyclic) bond motifs is 3. The highest BCUT2D eigenvalue weighted by atomic mass is 14.8. The molecule has 0 fully saturated rings. The molecule has 0 aromatic carbocycles. The lowest BCUT2D eigenvalue weighted by Gasteiger charge is -1.98. The zero-order valence-corrected chi connectivity index (χ0v) is 8.94. The molecule has 0 amide bonds. The summed E-state index contributed by atoms with van der Waals surface area (Å²) >= 11 is 0. The van der Waals surface area contributed by atoms with Gasteiger partial charge in [0.25, 0.3) is 0 Å². The molecule has 1 aliphatic heterocycles. The Bertz CT molecular complexity index is 637. The molecule has 0 saturated carbocycles. The highest BCUT2D eigenvalue weighted by Crippen LogP contribution is 2.34. The van der Waals surface area contributed by atoms with Crippen molar-refractivity contribution in [1.82, 2.24) is 9.97 Å². The van der Waals surface area contributed by atoms with Crippen molar-refractivity contribution >= 4 is 17.1 Å². The molecule has 1 aromatic rings. The lowest BCUT2D eigenvalue weighted by molar-refractivity contribution is 1.32. The molecule has 3 rings (SSSR count). The third-order valence-corrected chi connectivity index (χ3v) is 2.74. The molecule has 0 saturated heterocycles. The number of aliphatic imine (C=N–C) groups is 1. The summed E-state index contributed by atoms with van der Waals surface area (Å²) < 4.78 is 0. The fraction of sp³-hybridized carbons (Fsp3) is 0.0769. The fourth-order valence-corrected chi connectivity index (χ4v) is 2.09. The van der Waals surface area contributed by atoms with Gasteiger partial charge in [-0.25, -0.2) is 0 Å². The molecule has 3 nitrogen and oxygen atoms in total. The molecule has 0 radical (unpaired) electrons. The average Bonchev–Trinajstić information content (AvgIpc) is 2.66. The average molecular weight is 209 g/mol. The summed E-state index contributed by atoms with van der Waals surface area (Å²) in [4.78, 5) is 11.8. The predicted molar refractivity (Wildman–Crippen MR) is 66.2 cm³/mol. The van der Waals surface area contributed by atoms with E-state index in [0.717, 1.165) is 22.2 Å². The summed E-state index contributed by atoms with van der Waals surface area (Å²) in [6.07, 6.45) is 5.62. The Morgan fingerprint density at radius 2 is 2.25 bits per heavy atom. The molecular formula is C13H11N3. The Morgan fingerprint density at radius 1 is 1.31 bits per heavy atom. The van der Waals surface area contributed by atoms with Gasteiger partial charge in [0.05, 0.1) is 11.2 Å². The number of hydrogen-bond donors (Lipinski definition) is 1. The van der Waals surface area contributed by atoms with Gasteiger partial charge in [-0.3, -0.25) is 9.98 Å². The molecule has 0 bridgehead atoms. The summed E-state index contributed by atoms with van der Waals surface area (Å²) in [5, 5.41) is 1.14. The smallest absolute Gasteiger partial charge is 0.0949 e. The van der Waals surface area contributed by atoms with Crippen molar-refractivity contribution in [3.8, 4) is 11.3 Å². The van der Waals surface area contributed by atoms with Crippen molar-refractivity contribution in [2.24, 2.45) is 4.99 Å². The van der Waals surface area contributed by atoms with Gasteiger partial charge in [-0.2, -0.15) is 0 Å². The number of H-pyrrole nitrogens is 1. The van der Waals surface area contributed by atoms with Crippen molar-refractivity contribution in [1.29, 1.82) is 0 Å². The van der Waals surface area contributed by atoms with Crippen LogP contribution in [0.4, 0.5) is 0 Å². The van der Waals surface area contributed by atoms with Crippen molar-refractivity contribution in [3.05, 3.63) is 42.2 Å². The van der Waals surface area contributed by atoms with E-state index < -0.39 is 0 Å². The molecule has 0 spiro atoms. The van der Waals surface area contributed by atoms with Gasteiger partial charge in [0.1, 0.15) is 0 Å². The van der Waals surface area contributed by atoms with Crippen LogP contribution in [0.25, 0.3) is 22.2 Å². The molecular weight excluding hydrogens is 198 g/mol. The second kappa shape index (κ2) is 3.45. The van der Waals surface area contributed by atoms with E-state index in [2.05, 4.69) is 27.1 Å². The Balaban J connectivity index is 2.52. The van der Waals surface area contributed by atoms with Crippen LogP contribution in [0, 0.1) is 0 Å². The molecule has 78 valence electrons. The second-order valence-electron chi connectivity index (χ2n) is 3.66. The minimum Gasteiger partial charge on any atom is -0.359 e. The zero-order valence-electron chi connectivity index (χ0n) is 8.94. The van der Waals surface area contributed by atoms with Gasteiger partial charge in [-0.15, -0.1) is 0 Å². The first-order valence-electron chi connectivity index (χ1n) is 5.18. The van der Waals surface area contributed by atoms with E-state index in [-0.39, 0.29) is 0 Å². The topological polar surface area (TPSA) is 41.0 Å². The summed E-state index contributed by atoms with van der Waals surface area (Å²) in [6, 6.07) is 8.11. The first-order valence-corrected chi connectivity index (χ1v) is 5.18. The van der Waals surface area contributed by atoms with Gasteiger partial charge in [-0.05, 0) is 12.1 Å². The van der Waals surface area contributed by atoms with Gasteiger partial charge in [0, 0.05) is 42.2 Å². The number of hydrogen-bond acceptors (Lipinski definition) is 2. The molecule has 0 unspecified atom stereocenters. The minimum absolute atomic E-state index is 1.01. The van der Waals surface area contributed by atoms with Gasteiger partial charge < -0.3 is 4.98 Å². The number of aromatic nitrogens is 2. The van der Waals surface area contributed by atoms with Crippen LogP contribution in [0.1, 0.15) is 5.56 Å². The molecule has 1 N–H and O–H groups in total. The Morgan fingerprint density at radius 3 is 3.12 bits per heavy atom. The number of nitrogens with zero attached hydrogens (tertiary/aromatic N) is 2. The number of nitrogens with one attached hydrogen (secondary N) is 1. The molecule has 1 aliphatic carbocycles. The molecule has 16 heavy (non-hydrogen) atoms. The van der Waals surface area contributed by atoms with Crippen LogP contribution in [-0.2, 0) is 0 Å². The van der Waals surface area contributed by atoms with Gasteiger partial charge in [0.15, 0.2) is 0 Å². The van der Waals surface area contributed by atoms with Gasteiger partial charge in [-0.1, -0.05) is 12.1 Å². The molecule has 0 atom stereocenters. The monoisotopic (exact) mass is 209 g/mol. The summed E-state index contributed by atoms with van der Waals surface area (Å²) in [5.74, 6) is 0. The third-order valence-electron chi connectivity index (χ3n) is 2.74. The molecule has 1 aromatic heterocycles. The Kier molecular flexibility index (Phi) is 1.96. The minimum atomic E-state index is 1.01. The maximum Gasteiger partial charge on any atom is 0.0949 e. The summed E-state index contributed by atoms with van der Waals surface area (Å²) in [5.41, 5.74) is 4.39. The lowest BCUT2D eigenvalue weighted by Crippen LogP contribution is -1.83. The first kappa shape index (κ1) is 9.09. The molecule has 3 heteroatoms. The van der Waals surface area contributed by atoms with E-state index in [1.165, 1.54) is 5.56 Å². The fourth-order valence-electron chi connectivity index (χ4n) is 2.09. The van der Waals surface area contributed by atoms with Crippen LogP contribution in [0.3, 0.4) is 0 Å². The standard InChI is InChI=1S/C13H11N3/c1-14-8-11-9-4-2-6-15-12(9)13-10(11)5-3-7-16-13/h2-8,15H,1H3. The lowest BCUT2D eigenvalue weighted by atomic mass is 10.1. The zero-order chi connectivity index (χ0) is 11.0. The maximum absolute atomic E-state index is 4.42. The van der Waals surface area contributed by atoms with E-state index in [9.17, 15) is 0 Å². The predicted octanol–water partition coefficient (Wildman–Crippen LogP) is 2.72. The normalized spacial score (nSPS) is 11.8. The van der Waals surface area contributed by atoms with Crippen LogP contribution >= 0.6 is 0 Å². The Hall–Kier alpha value is -2.16. The van der Waals surface area contributed by atoms with Gasteiger partial charge in [0.2, 0.25) is 0 Å². The second-order valence-corrected chi connectivity index (χ2v) is 3.66. The highest BCUT2D eigenvalue weighted by molar-refractivity contribution is 6.12. The number of pyridine rings is 2. The van der Waals surface area contributed by atoms with Crippen LogP contribution in [0.15, 0.2) is 41.7 Å². The SMILES string of the molecule is CN=Cc1c2ccc[nH]c-2c2ncccc12. The van der Waals surface area contributed by atoms with Crippen LogP contribution in [0.2, 0.25) is 0 Å². The van der Waals surface area contributed by atoms with E-state index >= 15 is 0 Å². The highest BCUT2D eigenvalue weighted by Gasteiger charge is 2.16. The van der Waals surface area contributed by atoms with E-state index in [1.807, 2.05) is 30.7 Å². The van der Waals surface area contributed by atoms with Crippen molar-refractivity contribution in [3.63, 3.8) is 0 Å². The van der Waals surface area contributed by atoms with Crippen molar-refractivity contribution in [2.75, 3.05) is 7.05 Å². The third kappa shape index (κ3) is 1.15. The number of rotatable bonds is 1. The summed E-state index contributed by atoms with van der Waals surface area (Å²) in [7, 11) is 1.79. The van der Waals surface area contributed by atoms with E-state index in [0.29, 0.717) is 0 Å². The maximum atomic E-state index is 4.42. The Labute approximate surface area is 93.2 Å². The quantitative estimate of drug-likeness (QED) is 0.615. The van der Waals surface area contributed by atoms with Crippen LogP contribution in [0.5, 0.6) is 0 Å². The molecule has 2 heterocycles. The van der Waals surface area contributed by atoms with Crippen molar-refractivity contribution in [2.45, 2.75) is 0 Å². The van der Waals surface area contributed by atoms with E-state index in [1.54, 1.807) is 7.05 Å². The van der Waals surface area contributed by atoms with Gasteiger partial charge >= 0.3 is 0 Å². The first-order chi connectivity index (χ1) is 7.92. The number of aromatic amines is 1. The molecule has 2 aliphatic rings. The van der Waals surface area contributed by atoms with E-state index in [4.69, 9.17) is 0 Å². The van der Waals surface area contributed by atoms with Crippen LogP contribution < -0.4 is 0 Å².